The summed E-state index contributed by atoms with van der Waals surface area (Å²) in [5.41, 5.74) is 0.713. The van der Waals surface area contributed by atoms with Crippen LogP contribution in [0.1, 0.15) is 40.5 Å². The van der Waals surface area contributed by atoms with Gasteiger partial charge in [-0.1, -0.05) is 58.1 Å². The fraction of sp³-hybridized carbons (Fsp3) is 0.524. The number of amidine groups is 1. The number of allylic oxidation sites excluding steroid dienone is 4. The molecule has 0 saturated carbocycles. The van der Waals surface area contributed by atoms with Crippen LogP contribution < -0.4 is 5.32 Å². The molecule has 2 rings (SSSR count). The Bertz CT molecular complexity index is 771. The van der Waals surface area contributed by atoms with Crippen LogP contribution in [-0.4, -0.2) is 54.1 Å². The molecule has 2 unspecified atom stereocenters. The standard InChI is InChI=1S/C21H30N4O3/c1-20(2,3)21(4)12-7-8-15(11-13-21)18(24(5)6)23-25(14-26)16-9-10-17(27)22-19(16)28/h7-8,11-14,16H,9-10H2,1-6H3,(H,22,27,28)/b23-18-. The van der Waals surface area contributed by atoms with Gasteiger partial charge in [0.15, 0.2) is 5.84 Å². The van der Waals surface area contributed by atoms with Crippen LogP contribution in [0.2, 0.25) is 0 Å². The van der Waals surface area contributed by atoms with Crippen molar-refractivity contribution in [2.45, 2.75) is 46.6 Å². The van der Waals surface area contributed by atoms with Crippen LogP contribution in [0.15, 0.2) is 41.1 Å². The van der Waals surface area contributed by atoms with Crippen molar-refractivity contribution >= 4 is 24.1 Å². The Hall–Kier alpha value is -2.70. The molecule has 1 aliphatic heterocycles. The number of carbonyl (C=O) groups excluding carboxylic acids is 3. The molecule has 1 N–H and O–H groups in total. The Morgan fingerprint density at radius 1 is 1.29 bits per heavy atom. The Labute approximate surface area is 166 Å². The summed E-state index contributed by atoms with van der Waals surface area (Å²) < 4.78 is 0. The van der Waals surface area contributed by atoms with E-state index < -0.39 is 11.9 Å². The Balaban J connectivity index is 2.37. The van der Waals surface area contributed by atoms with Crippen molar-refractivity contribution in [1.82, 2.24) is 15.2 Å². The molecule has 0 spiro atoms. The second-order valence-corrected chi connectivity index (χ2v) is 8.62. The van der Waals surface area contributed by atoms with Gasteiger partial charge in [-0.25, -0.2) is 5.01 Å². The van der Waals surface area contributed by atoms with E-state index in [1.54, 1.807) is 4.90 Å². The van der Waals surface area contributed by atoms with Crippen LogP contribution in [0, 0.1) is 10.8 Å². The van der Waals surface area contributed by atoms with E-state index in [2.05, 4.69) is 50.3 Å². The third-order valence-electron chi connectivity index (χ3n) is 5.47. The maximum absolute atomic E-state index is 12.1. The first-order chi connectivity index (χ1) is 13.0. The Morgan fingerprint density at radius 3 is 2.50 bits per heavy atom. The molecule has 3 amide bonds. The van der Waals surface area contributed by atoms with E-state index in [0.29, 0.717) is 12.2 Å². The van der Waals surface area contributed by atoms with E-state index in [-0.39, 0.29) is 29.6 Å². The number of imide groups is 1. The number of amides is 3. The minimum atomic E-state index is -0.795. The molecule has 7 heteroatoms. The molecule has 0 radical (unpaired) electrons. The van der Waals surface area contributed by atoms with E-state index in [4.69, 9.17) is 0 Å². The van der Waals surface area contributed by atoms with Crippen LogP contribution in [-0.2, 0) is 14.4 Å². The lowest BCUT2D eigenvalue weighted by molar-refractivity contribution is -0.141. The summed E-state index contributed by atoms with van der Waals surface area (Å²) >= 11 is 0. The maximum atomic E-state index is 12.1. The van der Waals surface area contributed by atoms with Gasteiger partial charge in [-0.3, -0.25) is 19.7 Å². The highest BCUT2D eigenvalue weighted by Crippen LogP contribution is 2.42. The fourth-order valence-electron chi connectivity index (χ4n) is 2.99. The molecule has 1 fully saturated rings. The van der Waals surface area contributed by atoms with Gasteiger partial charge in [0.2, 0.25) is 12.3 Å². The molecule has 1 heterocycles. The Kier molecular flexibility index (Phi) is 6.27. The molecule has 2 atom stereocenters. The minimum absolute atomic E-state index is 0.0280. The normalized spacial score (nSPS) is 25.7. The zero-order valence-electron chi connectivity index (χ0n) is 17.5. The van der Waals surface area contributed by atoms with E-state index in [0.717, 1.165) is 10.6 Å². The average molecular weight is 386 g/mol. The highest BCUT2D eigenvalue weighted by atomic mass is 16.2. The van der Waals surface area contributed by atoms with Crippen LogP contribution in [0.5, 0.6) is 0 Å². The molecular formula is C21H30N4O3. The Morgan fingerprint density at radius 2 is 1.96 bits per heavy atom. The molecule has 1 aliphatic carbocycles. The second-order valence-electron chi connectivity index (χ2n) is 8.62. The number of hydrazone groups is 1. The monoisotopic (exact) mass is 386 g/mol. The van der Waals surface area contributed by atoms with Crippen molar-refractivity contribution in [3.63, 3.8) is 0 Å². The first-order valence-electron chi connectivity index (χ1n) is 9.41. The van der Waals surface area contributed by atoms with Crippen molar-refractivity contribution in [2.24, 2.45) is 15.9 Å². The number of hydrogen-bond donors (Lipinski definition) is 1. The van der Waals surface area contributed by atoms with Crippen molar-refractivity contribution in [3.8, 4) is 0 Å². The zero-order chi connectivity index (χ0) is 21.1. The van der Waals surface area contributed by atoms with Gasteiger partial charge in [-0.05, 0) is 11.8 Å². The predicted molar refractivity (Wildman–Crippen MR) is 109 cm³/mol. The summed E-state index contributed by atoms with van der Waals surface area (Å²) in [6.07, 6.45) is 11.2. The van der Waals surface area contributed by atoms with Crippen LogP contribution >= 0.6 is 0 Å². The molecule has 1 saturated heterocycles. The smallest absolute Gasteiger partial charge is 0.251 e. The third kappa shape index (κ3) is 4.58. The number of piperidine rings is 1. The molecule has 0 bridgehead atoms. The number of carbonyl (C=O) groups is 3. The summed E-state index contributed by atoms with van der Waals surface area (Å²) in [6.45, 7) is 8.73. The lowest BCUT2D eigenvalue weighted by Crippen LogP contribution is -2.51. The maximum Gasteiger partial charge on any atom is 0.251 e. The quantitative estimate of drug-likeness (QED) is 0.264. The van der Waals surface area contributed by atoms with Crippen molar-refractivity contribution < 1.29 is 14.4 Å². The van der Waals surface area contributed by atoms with E-state index >= 15 is 0 Å². The zero-order valence-corrected chi connectivity index (χ0v) is 17.5. The molecular weight excluding hydrogens is 356 g/mol. The van der Waals surface area contributed by atoms with Gasteiger partial charge in [0.1, 0.15) is 6.04 Å². The van der Waals surface area contributed by atoms with Crippen molar-refractivity contribution in [2.75, 3.05) is 14.1 Å². The minimum Gasteiger partial charge on any atom is -0.361 e. The SMILES string of the molecule is CN(C)/C(=N\N(C=O)C1CCC(=O)NC1=O)C1=CC=CC(C)(C(C)(C)C)C=C1. The van der Waals surface area contributed by atoms with Gasteiger partial charge < -0.3 is 4.90 Å². The highest BCUT2D eigenvalue weighted by molar-refractivity contribution is 6.03. The number of likely N-dealkylation sites (N-methyl/N-ethyl adjacent to an activating group) is 1. The van der Waals surface area contributed by atoms with Crippen molar-refractivity contribution in [1.29, 1.82) is 0 Å². The first kappa shape index (κ1) is 21.6. The predicted octanol–water partition coefficient (Wildman–Crippen LogP) is 2.23. The van der Waals surface area contributed by atoms with Gasteiger partial charge >= 0.3 is 0 Å². The molecule has 0 aromatic carbocycles. The summed E-state index contributed by atoms with van der Waals surface area (Å²) in [6, 6.07) is -0.795. The lowest BCUT2D eigenvalue weighted by Gasteiger charge is -2.37. The summed E-state index contributed by atoms with van der Waals surface area (Å²) in [7, 11) is 3.66. The van der Waals surface area contributed by atoms with Crippen molar-refractivity contribution in [3.05, 3.63) is 36.0 Å². The number of nitrogens with zero attached hydrogens (tertiary/aromatic N) is 3. The van der Waals surface area contributed by atoms with Gasteiger partial charge in [0.25, 0.3) is 5.91 Å². The van der Waals surface area contributed by atoms with Crippen LogP contribution in [0.25, 0.3) is 0 Å². The number of rotatable bonds is 4. The van der Waals surface area contributed by atoms with Gasteiger partial charge in [0.05, 0.1) is 0 Å². The molecule has 0 aromatic rings. The average Bonchev–Trinajstić information content (AvgIpc) is 2.79. The summed E-state index contributed by atoms with van der Waals surface area (Å²) in [5.74, 6) is -0.281. The van der Waals surface area contributed by atoms with Gasteiger partial charge in [-0.2, -0.15) is 5.10 Å². The molecule has 7 nitrogen and oxygen atoms in total. The third-order valence-corrected chi connectivity index (χ3v) is 5.47. The molecule has 152 valence electrons. The fourth-order valence-corrected chi connectivity index (χ4v) is 2.99. The summed E-state index contributed by atoms with van der Waals surface area (Å²) in [4.78, 5) is 37.0. The van der Waals surface area contributed by atoms with E-state index in [9.17, 15) is 14.4 Å². The molecule has 28 heavy (non-hydrogen) atoms. The van der Waals surface area contributed by atoms with Crippen LogP contribution in [0.4, 0.5) is 0 Å². The highest BCUT2D eigenvalue weighted by Gasteiger charge is 2.34. The summed E-state index contributed by atoms with van der Waals surface area (Å²) in [5, 5.41) is 7.81. The molecule has 2 aliphatic rings. The molecule has 0 aromatic heterocycles. The largest absolute Gasteiger partial charge is 0.361 e. The number of hydrogen-bond acceptors (Lipinski definition) is 4. The lowest BCUT2D eigenvalue weighted by atomic mass is 9.68. The van der Waals surface area contributed by atoms with E-state index in [1.165, 1.54) is 0 Å². The van der Waals surface area contributed by atoms with Gasteiger partial charge in [0, 0.05) is 31.5 Å². The van der Waals surface area contributed by atoms with E-state index in [1.807, 2.05) is 32.3 Å². The first-order valence-corrected chi connectivity index (χ1v) is 9.41. The van der Waals surface area contributed by atoms with Gasteiger partial charge in [-0.15, -0.1) is 0 Å². The number of nitrogens with one attached hydrogen (secondary N) is 1. The second kappa shape index (κ2) is 8.12. The topological polar surface area (TPSA) is 82.1 Å². The van der Waals surface area contributed by atoms with Crippen LogP contribution in [0.3, 0.4) is 0 Å².